The number of pyridine rings is 1. The van der Waals surface area contributed by atoms with Crippen molar-refractivity contribution in [3.63, 3.8) is 0 Å². The predicted octanol–water partition coefficient (Wildman–Crippen LogP) is 3.59. The molecule has 0 aliphatic heterocycles. The molecule has 5 nitrogen and oxygen atoms in total. The smallest absolute Gasteiger partial charge is 0.293 e. The summed E-state index contributed by atoms with van der Waals surface area (Å²) in [6, 6.07) is 3.96. The van der Waals surface area contributed by atoms with Gasteiger partial charge in [-0.2, -0.15) is 0 Å². The second kappa shape index (κ2) is 5.82. The summed E-state index contributed by atoms with van der Waals surface area (Å²) < 4.78 is 13.7. The van der Waals surface area contributed by atoms with Gasteiger partial charge in [-0.25, -0.2) is 4.39 Å². The van der Waals surface area contributed by atoms with Gasteiger partial charge < -0.3 is 5.73 Å². The molecule has 2 N–H and O–H groups in total. The second-order valence-corrected chi connectivity index (χ2v) is 5.28. The monoisotopic (exact) mass is 359 g/mol. The molecular formula is C12H8BrClFN3O2. The van der Waals surface area contributed by atoms with Crippen molar-refractivity contribution in [2.75, 3.05) is 0 Å². The summed E-state index contributed by atoms with van der Waals surface area (Å²) in [6.07, 6.45) is 1.38. The Morgan fingerprint density at radius 3 is 2.80 bits per heavy atom. The molecule has 2 aromatic rings. The lowest BCUT2D eigenvalue weighted by Crippen LogP contribution is -2.16. The Kier molecular flexibility index (Phi) is 4.32. The van der Waals surface area contributed by atoms with Crippen molar-refractivity contribution in [1.82, 2.24) is 4.98 Å². The third-order valence-corrected chi connectivity index (χ3v) is 3.43. The predicted molar refractivity (Wildman–Crippen MR) is 76.0 cm³/mol. The summed E-state index contributed by atoms with van der Waals surface area (Å²) in [5.41, 5.74) is 5.94. The zero-order valence-corrected chi connectivity index (χ0v) is 12.2. The number of aromatic nitrogens is 1. The molecule has 1 heterocycles. The van der Waals surface area contributed by atoms with Crippen molar-refractivity contribution in [2.24, 2.45) is 5.73 Å². The number of nitrogens with two attached hydrogens (primary N) is 1. The van der Waals surface area contributed by atoms with Crippen molar-refractivity contribution in [3.8, 4) is 0 Å². The van der Waals surface area contributed by atoms with Gasteiger partial charge in [0, 0.05) is 21.8 Å². The highest BCUT2D eigenvalue weighted by atomic mass is 79.9. The molecule has 2 rings (SSSR count). The Morgan fingerprint density at radius 1 is 1.45 bits per heavy atom. The van der Waals surface area contributed by atoms with Crippen LogP contribution < -0.4 is 5.73 Å². The Balaban J connectivity index is 2.56. The summed E-state index contributed by atoms with van der Waals surface area (Å²) in [5.74, 6) is -0.528. The zero-order chi connectivity index (χ0) is 14.9. The number of rotatable bonds is 3. The molecule has 0 aliphatic rings. The van der Waals surface area contributed by atoms with Gasteiger partial charge in [-0.3, -0.25) is 15.1 Å². The number of hydrogen-bond acceptors (Lipinski definition) is 4. The van der Waals surface area contributed by atoms with Gasteiger partial charge in [0.1, 0.15) is 11.5 Å². The highest BCUT2D eigenvalue weighted by Crippen LogP contribution is 2.32. The van der Waals surface area contributed by atoms with Crippen LogP contribution in [0.3, 0.4) is 0 Å². The Hall–Kier alpha value is -1.57. The summed E-state index contributed by atoms with van der Waals surface area (Å²) in [4.78, 5) is 14.4. The van der Waals surface area contributed by atoms with Crippen LogP contribution in [0.5, 0.6) is 0 Å². The quantitative estimate of drug-likeness (QED) is 0.670. The Morgan fingerprint density at radius 2 is 2.15 bits per heavy atom. The van der Waals surface area contributed by atoms with Gasteiger partial charge in [-0.1, -0.05) is 11.6 Å². The third-order valence-electron chi connectivity index (χ3n) is 2.65. The molecule has 0 saturated heterocycles. The van der Waals surface area contributed by atoms with Gasteiger partial charge in [0.2, 0.25) is 0 Å². The first-order valence-corrected chi connectivity index (χ1v) is 6.57. The minimum Gasteiger partial charge on any atom is -0.319 e. The van der Waals surface area contributed by atoms with E-state index in [9.17, 15) is 14.5 Å². The maximum atomic E-state index is 13.3. The normalized spacial score (nSPS) is 12.2. The molecule has 0 fully saturated rings. The highest BCUT2D eigenvalue weighted by Gasteiger charge is 2.24. The Labute approximate surface area is 126 Å². The average Bonchev–Trinajstić information content (AvgIpc) is 2.40. The second-order valence-electron chi connectivity index (χ2n) is 3.96. The van der Waals surface area contributed by atoms with E-state index in [-0.39, 0.29) is 22.0 Å². The Bertz CT molecular complexity index is 684. The van der Waals surface area contributed by atoms with Gasteiger partial charge in [-0.15, -0.1) is 0 Å². The zero-order valence-electron chi connectivity index (χ0n) is 9.89. The van der Waals surface area contributed by atoms with E-state index >= 15 is 0 Å². The van der Waals surface area contributed by atoms with Crippen molar-refractivity contribution in [2.45, 2.75) is 6.04 Å². The van der Waals surface area contributed by atoms with Crippen LogP contribution in [0.25, 0.3) is 0 Å². The first kappa shape index (κ1) is 14.8. The van der Waals surface area contributed by atoms with Gasteiger partial charge in [0.25, 0.3) is 5.69 Å². The first-order valence-electron chi connectivity index (χ1n) is 5.40. The van der Waals surface area contributed by atoms with Crippen molar-refractivity contribution >= 4 is 33.2 Å². The molecule has 0 amide bonds. The molecule has 1 aromatic heterocycles. The molecule has 104 valence electrons. The van der Waals surface area contributed by atoms with Gasteiger partial charge in [0.05, 0.1) is 11.0 Å². The number of nitrogens with zero attached hydrogens (tertiary/aromatic N) is 2. The minimum atomic E-state index is -0.994. The lowest BCUT2D eigenvalue weighted by atomic mass is 10.0. The molecule has 0 radical (unpaired) electrons. The molecule has 8 heteroatoms. The molecule has 1 aromatic carbocycles. The van der Waals surface area contributed by atoms with Gasteiger partial charge in [-0.05, 0) is 39.7 Å². The maximum Gasteiger partial charge on any atom is 0.293 e. The number of halogens is 3. The highest BCUT2D eigenvalue weighted by molar-refractivity contribution is 9.10. The molecule has 0 aliphatic carbocycles. The summed E-state index contributed by atoms with van der Waals surface area (Å²) >= 11 is 9.05. The van der Waals surface area contributed by atoms with Gasteiger partial charge in [0.15, 0.2) is 0 Å². The molecule has 20 heavy (non-hydrogen) atoms. The van der Waals surface area contributed by atoms with E-state index in [1.807, 2.05) is 0 Å². The standard InChI is InChI=1S/C12H8BrClFN3O2/c13-6-3-10(18(19)20)12(17-5-6)11(16)8-4-7(15)1-2-9(8)14/h1-5,11H,16H2. The lowest BCUT2D eigenvalue weighted by Gasteiger charge is -2.13. The summed E-state index contributed by atoms with van der Waals surface area (Å²) in [6.45, 7) is 0. The SMILES string of the molecule is NC(c1cc(F)ccc1Cl)c1ncc(Br)cc1[N+](=O)[O-]. The third kappa shape index (κ3) is 2.95. The fourth-order valence-electron chi connectivity index (χ4n) is 1.73. The fourth-order valence-corrected chi connectivity index (χ4v) is 2.28. The molecule has 1 atom stereocenters. The van der Waals surface area contributed by atoms with Crippen LogP contribution in [-0.4, -0.2) is 9.91 Å². The van der Waals surface area contributed by atoms with E-state index in [4.69, 9.17) is 17.3 Å². The maximum absolute atomic E-state index is 13.3. The van der Waals surface area contributed by atoms with Gasteiger partial charge >= 0.3 is 0 Å². The van der Waals surface area contributed by atoms with Crippen LogP contribution in [0.1, 0.15) is 17.3 Å². The topological polar surface area (TPSA) is 82.0 Å². The molecule has 0 bridgehead atoms. The van der Waals surface area contributed by atoms with E-state index in [0.717, 1.165) is 6.07 Å². The molecule has 0 saturated carbocycles. The van der Waals surface area contributed by atoms with Crippen LogP contribution in [0.2, 0.25) is 5.02 Å². The largest absolute Gasteiger partial charge is 0.319 e. The fraction of sp³-hybridized carbons (Fsp3) is 0.0833. The average molecular weight is 361 g/mol. The van der Waals surface area contributed by atoms with E-state index in [0.29, 0.717) is 4.47 Å². The summed E-state index contributed by atoms with van der Waals surface area (Å²) in [5, 5.41) is 11.3. The van der Waals surface area contributed by atoms with Crippen LogP contribution in [-0.2, 0) is 0 Å². The summed E-state index contributed by atoms with van der Waals surface area (Å²) in [7, 11) is 0. The van der Waals surface area contributed by atoms with E-state index in [1.54, 1.807) is 0 Å². The van der Waals surface area contributed by atoms with Crippen molar-refractivity contribution in [1.29, 1.82) is 0 Å². The number of benzene rings is 1. The van der Waals surface area contributed by atoms with Crippen molar-refractivity contribution < 1.29 is 9.31 Å². The number of nitro groups is 1. The molecule has 0 spiro atoms. The van der Waals surface area contributed by atoms with Crippen molar-refractivity contribution in [3.05, 3.63) is 67.1 Å². The first-order chi connectivity index (χ1) is 9.40. The van der Waals surface area contributed by atoms with Crippen LogP contribution in [0.15, 0.2) is 34.9 Å². The number of hydrogen-bond donors (Lipinski definition) is 1. The van der Waals surface area contributed by atoms with E-state index in [2.05, 4.69) is 20.9 Å². The molecular weight excluding hydrogens is 353 g/mol. The molecule has 1 unspecified atom stereocenters. The van der Waals surface area contributed by atoms with Crippen LogP contribution in [0, 0.1) is 15.9 Å². The van der Waals surface area contributed by atoms with E-state index < -0.39 is 16.8 Å². The minimum absolute atomic E-state index is 0.0192. The lowest BCUT2D eigenvalue weighted by molar-refractivity contribution is -0.386. The van der Waals surface area contributed by atoms with E-state index in [1.165, 1.54) is 24.4 Å². The van der Waals surface area contributed by atoms with Crippen LogP contribution in [0.4, 0.5) is 10.1 Å². The van der Waals surface area contributed by atoms with Crippen LogP contribution >= 0.6 is 27.5 Å².